The summed E-state index contributed by atoms with van der Waals surface area (Å²) in [7, 11) is 0. The minimum absolute atomic E-state index is 0.0545. The molecule has 0 spiro atoms. The first-order valence-corrected chi connectivity index (χ1v) is 8.64. The van der Waals surface area contributed by atoms with Crippen molar-refractivity contribution in [2.45, 2.75) is 20.3 Å². The van der Waals surface area contributed by atoms with Crippen molar-refractivity contribution in [1.82, 2.24) is 20.6 Å². The van der Waals surface area contributed by atoms with Gasteiger partial charge in [0.2, 0.25) is 5.91 Å². The van der Waals surface area contributed by atoms with Gasteiger partial charge in [0.15, 0.2) is 5.69 Å². The predicted molar refractivity (Wildman–Crippen MR) is 102 cm³/mol. The van der Waals surface area contributed by atoms with E-state index in [9.17, 15) is 14.4 Å². The minimum Gasteiger partial charge on any atom is -0.273 e. The van der Waals surface area contributed by atoms with Crippen LogP contribution in [0.4, 0.5) is 0 Å². The molecule has 0 atom stereocenters. The van der Waals surface area contributed by atoms with Gasteiger partial charge in [0.25, 0.3) is 11.5 Å². The highest BCUT2D eigenvalue weighted by atomic mass is 16.2. The lowest BCUT2D eigenvalue weighted by molar-refractivity contribution is -0.122. The van der Waals surface area contributed by atoms with E-state index in [0.717, 1.165) is 0 Å². The number of fused-ring (bicyclic) bond motifs is 1. The highest BCUT2D eigenvalue weighted by Crippen LogP contribution is 2.15. The summed E-state index contributed by atoms with van der Waals surface area (Å²) in [6.07, 6.45) is 0.290. The van der Waals surface area contributed by atoms with Gasteiger partial charge in [-0.1, -0.05) is 50.2 Å². The molecule has 0 radical (unpaired) electrons. The number of amides is 2. The largest absolute Gasteiger partial charge is 0.290 e. The zero-order chi connectivity index (χ0) is 19.4. The van der Waals surface area contributed by atoms with Crippen molar-refractivity contribution in [3.05, 3.63) is 70.6 Å². The molecule has 0 aliphatic rings. The summed E-state index contributed by atoms with van der Waals surface area (Å²) in [5, 5.41) is 5.04. The molecule has 0 fully saturated rings. The molecule has 0 saturated heterocycles. The number of benzene rings is 2. The lowest BCUT2D eigenvalue weighted by atomic mass is 10.1. The van der Waals surface area contributed by atoms with Crippen LogP contribution in [0.3, 0.4) is 0 Å². The number of para-hydroxylation sites is 1. The molecular formula is C20H20N4O3. The van der Waals surface area contributed by atoms with Crippen molar-refractivity contribution in [2.75, 3.05) is 0 Å². The van der Waals surface area contributed by atoms with E-state index in [2.05, 4.69) is 16.0 Å². The van der Waals surface area contributed by atoms with E-state index in [-0.39, 0.29) is 29.5 Å². The number of hydrogen-bond donors (Lipinski definition) is 2. The van der Waals surface area contributed by atoms with E-state index in [0.29, 0.717) is 16.5 Å². The second kappa shape index (κ2) is 7.82. The zero-order valence-corrected chi connectivity index (χ0v) is 15.1. The fourth-order valence-corrected chi connectivity index (χ4v) is 2.71. The smallest absolute Gasteiger partial charge is 0.273 e. The van der Waals surface area contributed by atoms with Crippen LogP contribution in [0, 0.1) is 5.92 Å². The molecule has 1 heterocycles. The molecule has 0 aliphatic heterocycles. The van der Waals surface area contributed by atoms with E-state index in [1.54, 1.807) is 48.5 Å². The first kappa shape index (κ1) is 18.3. The van der Waals surface area contributed by atoms with Crippen molar-refractivity contribution < 1.29 is 9.59 Å². The van der Waals surface area contributed by atoms with Crippen LogP contribution >= 0.6 is 0 Å². The molecule has 1 aromatic heterocycles. The van der Waals surface area contributed by atoms with Gasteiger partial charge in [0.05, 0.1) is 11.1 Å². The van der Waals surface area contributed by atoms with Crippen LogP contribution in [0.5, 0.6) is 0 Å². The Morgan fingerprint density at radius 2 is 1.59 bits per heavy atom. The van der Waals surface area contributed by atoms with Crippen LogP contribution in [-0.4, -0.2) is 21.6 Å². The molecule has 27 heavy (non-hydrogen) atoms. The number of carbonyl (C=O) groups is 2. The second-order valence-corrected chi connectivity index (χ2v) is 6.55. The third kappa shape index (κ3) is 4.03. The summed E-state index contributed by atoms with van der Waals surface area (Å²) in [6.45, 7) is 3.82. The summed E-state index contributed by atoms with van der Waals surface area (Å²) in [4.78, 5) is 37.2. The van der Waals surface area contributed by atoms with Gasteiger partial charge in [-0.3, -0.25) is 25.2 Å². The number of nitrogens with one attached hydrogen (secondary N) is 2. The van der Waals surface area contributed by atoms with Crippen molar-refractivity contribution in [3.63, 3.8) is 0 Å². The van der Waals surface area contributed by atoms with Gasteiger partial charge in [0.1, 0.15) is 0 Å². The molecular weight excluding hydrogens is 344 g/mol. The van der Waals surface area contributed by atoms with E-state index < -0.39 is 5.91 Å². The van der Waals surface area contributed by atoms with Crippen molar-refractivity contribution in [3.8, 4) is 5.69 Å². The number of rotatable bonds is 4. The lowest BCUT2D eigenvalue weighted by Gasteiger charge is -2.12. The number of carbonyl (C=O) groups excluding carboxylic acids is 2. The van der Waals surface area contributed by atoms with Gasteiger partial charge in [-0.15, -0.1) is 0 Å². The zero-order valence-electron chi connectivity index (χ0n) is 15.1. The van der Waals surface area contributed by atoms with Crippen molar-refractivity contribution in [1.29, 1.82) is 0 Å². The number of nitrogens with zero attached hydrogens (tertiary/aromatic N) is 2. The molecule has 2 aromatic carbocycles. The standard InChI is InChI=1S/C20H20N4O3/c1-13(2)12-17(25)21-22-19(26)18-15-10-6-7-11-16(15)20(27)24(23-18)14-8-4-3-5-9-14/h3-11,13H,12H2,1-2H3,(H,21,25)(H,22,26). The molecule has 138 valence electrons. The number of aromatic nitrogens is 2. The Bertz CT molecular complexity index is 1040. The van der Waals surface area contributed by atoms with Gasteiger partial charge in [0, 0.05) is 11.8 Å². The fourth-order valence-electron chi connectivity index (χ4n) is 2.71. The summed E-state index contributed by atoms with van der Waals surface area (Å²) < 4.78 is 1.19. The van der Waals surface area contributed by atoms with Crippen LogP contribution in [-0.2, 0) is 4.79 Å². The average Bonchev–Trinajstić information content (AvgIpc) is 2.67. The lowest BCUT2D eigenvalue weighted by Crippen LogP contribution is -2.43. The van der Waals surface area contributed by atoms with Crippen LogP contribution < -0.4 is 16.4 Å². The van der Waals surface area contributed by atoms with Gasteiger partial charge in [-0.25, -0.2) is 0 Å². The Balaban J connectivity index is 2.02. The SMILES string of the molecule is CC(C)CC(=O)NNC(=O)c1nn(-c2ccccc2)c(=O)c2ccccc12. The molecule has 7 heteroatoms. The first-order chi connectivity index (χ1) is 13.0. The molecule has 0 aliphatic carbocycles. The molecule has 0 bridgehead atoms. The summed E-state index contributed by atoms with van der Waals surface area (Å²) in [5.74, 6) is -0.715. The normalized spacial score (nSPS) is 10.8. The Hall–Kier alpha value is -3.48. The highest BCUT2D eigenvalue weighted by Gasteiger charge is 2.18. The first-order valence-electron chi connectivity index (χ1n) is 8.64. The Morgan fingerprint density at radius 3 is 2.26 bits per heavy atom. The Kier molecular flexibility index (Phi) is 5.30. The molecule has 3 aromatic rings. The second-order valence-electron chi connectivity index (χ2n) is 6.55. The monoisotopic (exact) mass is 364 g/mol. The fraction of sp³-hybridized carbons (Fsp3) is 0.200. The van der Waals surface area contributed by atoms with E-state index in [1.165, 1.54) is 4.68 Å². The average molecular weight is 364 g/mol. The van der Waals surface area contributed by atoms with Crippen molar-refractivity contribution >= 4 is 22.6 Å². The van der Waals surface area contributed by atoms with Crippen molar-refractivity contribution in [2.24, 2.45) is 5.92 Å². The van der Waals surface area contributed by atoms with Gasteiger partial charge in [-0.2, -0.15) is 9.78 Å². The third-order valence-electron chi connectivity index (χ3n) is 3.93. The molecule has 2 N–H and O–H groups in total. The summed E-state index contributed by atoms with van der Waals surface area (Å²) in [5.41, 5.74) is 5.04. The van der Waals surface area contributed by atoms with E-state index in [1.807, 2.05) is 19.9 Å². The van der Waals surface area contributed by atoms with Gasteiger partial charge < -0.3 is 0 Å². The van der Waals surface area contributed by atoms with Crippen LogP contribution in [0.15, 0.2) is 59.4 Å². The molecule has 2 amide bonds. The highest BCUT2D eigenvalue weighted by molar-refractivity contribution is 6.05. The maximum absolute atomic E-state index is 12.8. The van der Waals surface area contributed by atoms with E-state index >= 15 is 0 Å². The van der Waals surface area contributed by atoms with Crippen LogP contribution in [0.25, 0.3) is 16.5 Å². The molecule has 7 nitrogen and oxygen atoms in total. The maximum atomic E-state index is 12.8. The van der Waals surface area contributed by atoms with Gasteiger partial charge in [-0.05, 0) is 24.1 Å². The van der Waals surface area contributed by atoms with Crippen LogP contribution in [0.2, 0.25) is 0 Å². The quantitative estimate of drug-likeness (QED) is 0.694. The maximum Gasteiger partial charge on any atom is 0.290 e. The van der Waals surface area contributed by atoms with E-state index in [4.69, 9.17) is 0 Å². The van der Waals surface area contributed by atoms with Gasteiger partial charge >= 0.3 is 0 Å². The Morgan fingerprint density at radius 1 is 0.963 bits per heavy atom. The molecule has 0 unspecified atom stereocenters. The van der Waals surface area contributed by atoms with Crippen LogP contribution in [0.1, 0.15) is 30.8 Å². The molecule has 3 rings (SSSR count). The summed E-state index contributed by atoms with van der Waals surface area (Å²) >= 11 is 0. The summed E-state index contributed by atoms with van der Waals surface area (Å²) in [6, 6.07) is 15.6. The number of hydrazine groups is 1. The minimum atomic E-state index is -0.590. The Labute approximate surface area is 156 Å². The topological polar surface area (TPSA) is 93.1 Å². The third-order valence-corrected chi connectivity index (χ3v) is 3.93. The number of hydrogen-bond acceptors (Lipinski definition) is 4. The predicted octanol–water partition coefficient (Wildman–Crippen LogP) is 2.19. The molecule has 0 saturated carbocycles.